The highest BCUT2D eigenvalue weighted by molar-refractivity contribution is 5.83. The minimum absolute atomic E-state index is 0.176. The number of hydrogen-bond donors (Lipinski definition) is 0. The summed E-state index contributed by atoms with van der Waals surface area (Å²) in [7, 11) is 0. The molecule has 0 amide bonds. The lowest BCUT2D eigenvalue weighted by Crippen LogP contribution is -2.39. The molecular formula is C56H104O8. The first-order valence-corrected chi connectivity index (χ1v) is 27.2. The molecule has 4 unspecified atom stereocenters. The zero-order chi connectivity index (χ0) is 47.7. The molecule has 2 fully saturated rings. The third-order valence-electron chi connectivity index (χ3n) is 13.2. The van der Waals surface area contributed by atoms with E-state index in [1.165, 1.54) is 103 Å². The van der Waals surface area contributed by atoms with Crippen LogP contribution in [-0.2, 0) is 38.1 Å². The summed E-state index contributed by atoms with van der Waals surface area (Å²) in [4.78, 5) is 52.6. The molecule has 0 heterocycles. The van der Waals surface area contributed by atoms with Crippen molar-refractivity contribution in [2.75, 3.05) is 26.4 Å². The molecule has 0 aromatic carbocycles. The van der Waals surface area contributed by atoms with Crippen molar-refractivity contribution in [1.82, 2.24) is 0 Å². The molecule has 0 aromatic rings. The van der Waals surface area contributed by atoms with Gasteiger partial charge >= 0.3 is 23.9 Å². The molecule has 0 aromatic heterocycles. The monoisotopic (exact) mass is 905 g/mol. The first kappa shape index (κ1) is 59.9. The highest BCUT2D eigenvalue weighted by Gasteiger charge is 2.42. The highest BCUT2D eigenvalue weighted by Crippen LogP contribution is 2.38. The van der Waals surface area contributed by atoms with Crippen LogP contribution in [-0.4, -0.2) is 50.3 Å². The zero-order valence-corrected chi connectivity index (χ0v) is 43.8. The van der Waals surface area contributed by atoms with Crippen molar-refractivity contribution in [2.45, 2.75) is 243 Å². The predicted octanol–water partition coefficient (Wildman–Crippen LogP) is 15.3. The second kappa shape index (κ2) is 36.9. The molecule has 0 aliphatic heterocycles. The van der Waals surface area contributed by atoms with Gasteiger partial charge in [0, 0.05) is 0 Å². The molecule has 0 radical (unpaired) electrons. The van der Waals surface area contributed by atoms with E-state index < -0.39 is 0 Å². The third-order valence-corrected chi connectivity index (χ3v) is 13.2. The van der Waals surface area contributed by atoms with Crippen LogP contribution in [0.4, 0.5) is 0 Å². The van der Waals surface area contributed by atoms with Crippen molar-refractivity contribution in [3.05, 3.63) is 0 Å². The molecule has 0 saturated heterocycles. The Morgan fingerprint density at radius 2 is 0.766 bits per heavy atom. The van der Waals surface area contributed by atoms with Gasteiger partial charge in [0.25, 0.3) is 0 Å². The zero-order valence-electron chi connectivity index (χ0n) is 43.8. The molecule has 2 aliphatic carbocycles. The van der Waals surface area contributed by atoms with Gasteiger partial charge in [-0.3, -0.25) is 19.2 Å². The summed E-state index contributed by atoms with van der Waals surface area (Å²) in [5, 5.41) is 0. The molecule has 8 nitrogen and oxygen atoms in total. The molecule has 0 N–H and O–H groups in total. The first-order chi connectivity index (χ1) is 30.6. The molecule has 2 aliphatic rings. The summed E-state index contributed by atoms with van der Waals surface area (Å²) >= 11 is 0. The van der Waals surface area contributed by atoms with Crippen molar-refractivity contribution in [1.29, 1.82) is 0 Å². The van der Waals surface area contributed by atoms with E-state index in [2.05, 4.69) is 48.5 Å². The number of esters is 4. The Bertz CT molecular complexity index is 1180. The van der Waals surface area contributed by atoms with Crippen LogP contribution in [0.15, 0.2) is 0 Å². The Morgan fingerprint density at radius 1 is 0.391 bits per heavy atom. The SMILES string of the molecule is CC(C)CCC(C(=O)OCC(C)C)C(C(=O)OCC(C)C)C1CCCCC1.CCCCCCCCCCCCCCC(C(=O)OCC(C)C)C(CC1CCCCC1)C(=O)OCC(C)C. The summed E-state index contributed by atoms with van der Waals surface area (Å²) in [5.74, 6) is 0.190. The van der Waals surface area contributed by atoms with Gasteiger partial charge in [-0.1, -0.05) is 211 Å². The van der Waals surface area contributed by atoms with Gasteiger partial charge in [-0.15, -0.1) is 0 Å². The molecule has 64 heavy (non-hydrogen) atoms. The van der Waals surface area contributed by atoms with E-state index in [-0.39, 0.29) is 53.5 Å². The van der Waals surface area contributed by atoms with Gasteiger partial charge in [0.15, 0.2) is 0 Å². The van der Waals surface area contributed by atoms with Crippen LogP contribution >= 0.6 is 0 Å². The van der Waals surface area contributed by atoms with E-state index in [1.807, 2.05) is 27.7 Å². The van der Waals surface area contributed by atoms with Crippen LogP contribution in [0.3, 0.4) is 0 Å². The maximum atomic E-state index is 13.3. The Kier molecular flexibility index (Phi) is 34.6. The van der Waals surface area contributed by atoms with Crippen molar-refractivity contribution >= 4 is 23.9 Å². The fraction of sp³-hybridized carbons (Fsp3) is 0.929. The lowest BCUT2D eigenvalue weighted by atomic mass is 9.72. The standard InChI is InChI=1S/C33H62O4.C23H42O4/c1-6-7-8-9-10-11-12-13-14-15-16-20-23-30(32(34)36-25-27(2)3)31(33(35)37-26-28(4)5)24-29-21-18-17-19-22-29;1-16(2)12-13-20(22(24)26-14-17(3)4)21(19-10-8-7-9-11-19)23(25)27-15-18(5)6/h27-31H,6-26H2,1-5H3;16-21H,7-15H2,1-6H3. The van der Waals surface area contributed by atoms with E-state index in [0.29, 0.717) is 68.4 Å². The number of ether oxygens (including phenoxy) is 4. The molecule has 4 atom stereocenters. The van der Waals surface area contributed by atoms with Gasteiger partial charge in [-0.05, 0) is 73.5 Å². The van der Waals surface area contributed by atoms with Gasteiger partial charge in [-0.2, -0.15) is 0 Å². The largest absolute Gasteiger partial charge is 0.465 e. The topological polar surface area (TPSA) is 105 Å². The normalized spacial score (nSPS) is 16.9. The quantitative estimate of drug-likeness (QED) is 0.0364. The van der Waals surface area contributed by atoms with Gasteiger partial charge < -0.3 is 18.9 Å². The van der Waals surface area contributed by atoms with E-state index in [0.717, 1.165) is 57.8 Å². The average molecular weight is 905 g/mol. The fourth-order valence-electron chi connectivity index (χ4n) is 9.44. The molecular weight excluding hydrogens is 801 g/mol. The fourth-order valence-corrected chi connectivity index (χ4v) is 9.44. The van der Waals surface area contributed by atoms with Crippen molar-refractivity contribution in [3.8, 4) is 0 Å². The summed E-state index contributed by atoms with van der Waals surface area (Å²) in [6.07, 6.45) is 30.2. The molecule has 376 valence electrons. The maximum Gasteiger partial charge on any atom is 0.310 e. The maximum absolute atomic E-state index is 13.3. The lowest BCUT2D eigenvalue weighted by molar-refractivity contribution is -0.165. The highest BCUT2D eigenvalue weighted by atomic mass is 16.5. The Balaban J connectivity index is 0.000000672. The van der Waals surface area contributed by atoms with Gasteiger partial charge in [0.05, 0.1) is 50.1 Å². The lowest BCUT2D eigenvalue weighted by Gasteiger charge is -2.34. The van der Waals surface area contributed by atoms with Crippen LogP contribution in [0.5, 0.6) is 0 Å². The Morgan fingerprint density at radius 3 is 1.19 bits per heavy atom. The summed E-state index contributed by atoms with van der Waals surface area (Å²) < 4.78 is 22.7. The summed E-state index contributed by atoms with van der Waals surface area (Å²) in [5.41, 5.74) is 0. The molecule has 8 heteroatoms. The van der Waals surface area contributed by atoms with Crippen LogP contribution in [0.2, 0.25) is 0 Å². The predicted molar refractivity (Wildman–Crippen MR) is 265 cm³/mol. The van der Waals surface area contributed by atoms with E-state index in [1.54, 1.807) is 0 Å². The third kappa shape index (κ3) is 28.8. The Labute approximate surface area is 395 Å². The average Bonchev–Trinajstić information content (AvgIpc) is 3.26. The number of carbonyl (C=O) groups excluding carboxylic acids is 4. The number of carbonyl (C=O) groups is 4. The van der Waals surface area contributed by atoms with Gasteiger partial charge in [0.2, 0.25) is 0 Å². The van der Waals surface area contributed by atoms with Crippen LogP contribution in [0.1, 0.15) is 243 Å². The van der Waals surface area contributed by atoms with Crippen LogP contribution in [0, 0.1) is 65.1 Å². The van der Waals surface area contributed by atoms with Gasteiger partial charge in [0.1, 0.15) is 0 Å². The number of unbranched alkanes of at least 4 members (excludes halogenated alkanes) is 11. The van der Waals surface area contributed by atoms with Crippen LogP contribution in [0.25, 0.3) is 0 Å². The van der Waals surface area contributed by atoms with E-state index >= 15 is 0 Å². The second-order valence-electron chi connectivity index (χ2n) is 22.2. The summed E-state index contributed by atoms with van der Waals surface area (Å²) in [6, 6.07) is 0. The van der Waals surface area contributed by atoms with Crippen molar-refractivity contribution in [3.63, 3.8) is 0 Å². The number of hydrogen-bond acceptors (Lipinski definition) is 8. The minimum atomic E-state index is -0.381. The van der Waals surface area contributed by atoms with Crippen molar-refractivity contribution in [2.24, 2.45) is 65.1 Å². The van der Waals surface area contributed by atoms with Crippen LogP contribution < -0.4 is 0 Å². The van der Waals surface area contributed by atoms with Crippen molar-refractivity contribution < 1.29 is 38.1 Å². The van der Waals surface area contributed by atoms with E-state index in [4.69, 9.17) is 18.9 Å². The first-order valence-electron chi connectivity index (χ1n) is 27.2. The molecule has 2 rings (SSSR count). The molecule has 0 bridgehead atoms. The number of rotatable bonds is 33. The smallest absolute Gasteiger partial charge is 0.310 e. The molecule has 0 spiro atoms. The van der Waals surface area contributed by atoms with E-state index in [9.17, 15) is 19.2 Å². The molecule has 2 saturated carbocycles. The second-order valence-corrected chi connectivity index (χ2v) is 22.2. The minimum Gasteiger partial charge on any atom is -0.465 e. The summed E-state index contributed by atoms with van der Waals surface area (Å²) in [6.45, 7) is 24.6. The van der Waals surface area contributed by atoms with Gasteiger partial charge in [-0.25, -0.2) is 0 Å². The Hall–Kier alpha value is -2.12.